The van der Waals surface area contributed by atoms with Crippen LogP contribution in [0.25, 0.3) is 0 Å². The molecule has 1 saturated heterocycles. The van der Waals surface area contributed by atoms with E-state index in [2.05, 4.69) is 50.9 Å². The van der Waals surface area contributed by atoms with Gasteiger partial charge < -0.3 is 20.3 Å². The van der Waals surface area contributed by atoms with E-state index in [1.54, 1.807) is 19.0 Å². The molecule has 1 aliphatic carbocycles. The Morgan fingerprint density at radius 1 is 1.17 bits per heavy atom. The van der Waals surface area contributed by atoms with Crippen molar-refractivity contribution in [2.45, 2.75) is 24.7 Å². The van der Waals surface area contributed by atoms with Gasteiger partial charge in [-0.05, 0) is 18.4 Å². The predicted octanol–water partition coefficient (Wildman–Crippen LogP) is 1.06. The molecule has 0 bridgehead atoms. The lowest BCUT2D eigenvalue weighted by atomic mass is 9.64. The first-order chi connectivity index (χ1) is 14.1. The van der Waals surface area contributed by atoms with Gasteiger partial charge in [0.15, 0.2) is 5.96 Å². The highest BCUT2D eigenvalue weighted by Gasteiger charge is 2.38. The highest BCUT2D eigenvalue weighted by molar-refractivity contribution is 5.84. The molecule has 29 heavy (non-hydrogen) atoms. The van der Waals surface area contributed by atoms with Crippen LogP contribution in [0.15, 0.2) is 35.3 Å². The number of guanidine groups is 1. The van der Waals surface area contributed by atoms with Crippen LogP contribution < -0.4 is 10.6 Å². The van der Waals surface area contributed by atoms with Crippen molar-refractivity contribution in [1.29, 1.82) is 0 Å². The fraction of sp³-hybridized carbons (Fsp3) is 0.636. The van der Waals surface area contributed by atoms with Crippen LogP contribution in [0, 0.1) is 0 Å². The number of carbonyl (C=O) groups is 1. The standard InChI is InChI=1S/C22H35N5O2/c1-26(2)20(28)17-24-21(23-11-12-27-13-15-29-16-14-27)25-18-22(9-6-10-22)19-7-4-3-5-8-19/h3-5,7-8H,6,9-18H2,1-2H3,(H2,23,24,25). The third-order valence-electron chi connectivity index (χ3n) is 5.99. The number of likely N-dealkylation sites (N-methyl/N-ethyl adjacent to an activating group) is 1. The van der Waals surface area contributed by atoms with Crippen molar-refractivity contribution < 1.29 is 9.53 Å². The first kappa shape index (κ1) is 21.6. The van der Waals surface area contributed by atoms with Gasteiger partial charge in [-0.1, -0.05) is 36.8 Å². The van der Waals surface area contributed by atoms with E-state index in [1.165, 1.54) is 24.8 Å². The highest BCUT2D eigenvalue weighted by atomic mass is 16.5. The van der Waals surface area contributed by atoms with Crippen molar-refractivity contribution >= 4 is 11.9 Å². The molecule has 2 fully saturated rings. The second-order valence-electron chi connectivity index (χ2n) is 8.19. The third kappa shape index (κ3) is 6.18. The van der Waals surface area contributed by atoms with Gasteiger partial charge in [0.25, 0.3) is 0 Å². The minimum Gasteiger partial charge on any atom is -0.379 e. The Morgan fingerprint density at radius 3 is 2.52 bits per heavy atom. The molecular formula is C22H35N5O2. The summed E-state index contributed by atoms with van der Waals surface area (Å²) in [6, 6.07) is 10.7. The molecule has 1 saturated carbocycles. The Labute approximate surface area is 174 Å². The van der Waals surface area contributed by atoms with Gasteiger partial charge in [-0.2, -0.15) is 0 Å². The number of amides is 1. The summed E-state index contributed by atoms with van der Waals surface area (Å²) in [5.74, 6) is 0.719. The molecule has 0 spiro atoms. The Kier molecular flexibility index (Phi) is 7.89. The van der Waals surface area contributed by atoms with Crippen LogP contribution in [0.2, 0.25) is 0 Å². The summed E-state index contributed by atoms with van der Waals surface area (Å²) in [6.45, 7) is 6.26. The number of rotatable bonds is 8. The molecule has 1 aromatic carbocycles. The van der Waals surface area contributed by atoms with E-state index in [0.717, 1.165) is 51.9 Å². The molecule has 2 N–H and O–H groups in total. The number of hydrogen-bond donors (Lipinski definition) is 2. The van der Waals surface area contributed by atoms with E-state index in [-0.39, 0.29) is 17.9 Å². The number of hydrogen-bond acceptors (Lipinski definition) is 4. The summed E-state index contributed by atoms with van der Waals surface area (Å²) < 4.78 is 5.41. The first-order valence-corrected chi connectivity index (χ1v) is 10.7. The molecule has 0 radical (unpaired) electrons. The number of nitrogens with one attached hydrogen (secondary N) is 2. The van der Waals surface area contributed by atoms with Crippen LogP contribution in [-0.2, 0) is 14.9 Å². The minimum absolute atomic E-state index is 0.000645. The van der Waals surface area contributed by atoms with Crippen LogP contribution in [0.4, 0.5) is 0 Å². The van der Waals surface area contributed by atoms with Gasteiger partial charge in [0, 0.05) is 52.2 Å². The van der Waals surface area contributed by atoms with Crippen molar-refractivity contribution in [3.8, 4) is 0 Å². The van der Waals surface area contributed by atoms with E-state index in [0.29, 0.717) is 0 Å². The molecule has 0 atom stereocenters. The van der Waals surface area contributed by atoms with Gasteiger partial charge in [0.2, 0.25) is 5.91 Å². The zero-order valence-corrected chi connectivity index (χ0v) is 17.8. The zero-order chi connectivity index (χ0) is 20.5. The zero-order valence-electron chi connectivity index (χ0n) is 17.8. The molecular weight excluding hydrogens is 366 g/mol. The fourth-order valence-electron chi connectivity index (χ4n) is 3.84. The average molecular weight is 402 g/mol. The highest BCUT2D eigenvalue weighted by Crippen LogP contribution is 2.43. The minimum atomic E-state index is 0.000645. The van der Waals surface area contributed by atoms with Gasteiger partial charge in [0.05, 0.1) is 13.2 Å². The van der Waals surface area contributed by atoms with Gasteiger partial charge >= 0.3 is 0 Å². The molecule has 7 heteroatoms. The Balaban J connectivity index is 1.57. The number of carbonyl (C=O) groups excluding carboxylic acids is 1. The Morgan fingerprint density at radius 2 is 1.90 bits per heavy atom. The summed E-state index contributed by atoms with van der Waals surface area (Å²) in [7, 11) is 3.52. The predicted molar refractivity (Wildman–Crippen MR) is 116 cm³/mol. The van der Waals surface area contributed by atoms with Crippen LogP contribution in [0.1, 0.15) is 24.8 Å². The average Bonchev–Trinajstić information content (AvgIpc) is 2.72. The number of benzene rings is 1. The second kappa shape index (κ2) is 10.6. The monoisotopic (exact) mass is 401 g/mol. The molecule has 1 heterocycles. The molecule has 0 unspecified atom stereocenters. The summed E-state index contributed by atoms with van der Waals surface area (Å²) in [6.07, 6.45) is 3.62. The number of aliphatic imine (C=N–C) groups is 1. The lowest BCUT2D eigenvalue weighted by molar-refractivity contribution is -0.127. The molecule has 1 aliphatic heterocycles. The molecule has 7 nitrogen and oxygen atoms in total. The second-order valence-corrected chi connectivity index (χ2v) is 8.19. The number of ether oxygens (including phenoxy) is 1. The van der Waals surface area contributed by atoms with Crippen molar-refractivity contribution in [2.75, 3.05) is 66.6 Å². The Bertz CT molecular complexity index is 667. The van der Waals surface area contributed by atoms with Crippen molar-refractivity contribution in [3.05, 3.63) is 35.9 Å². The molecule has 3 rings (SSSR count). The summed E-state index contributed by atoms with van der Waals surface area (Å²) in [5.41, 5.74) is 1.55. The van der Waals surface area contributed by atoms with Crippen molar-refractivity contribution in [2.24, 2.45) is 4.99 Å². The van der Waals surface area contributed by atoms with Gasteiger partial charge in [0.1, 0.15) is 6.54 Å². The molecule has 1 aromatic rings. The van der Waals surface area contributed by atoms with Crippen molar-refractivity contribution in [1.82, 2.24) is 20.4 Å². The van der Waals surface area contributed by atoms with E-state index < -0.39 is 0 Å². The van der Waals surface area contributed by atoms with Crippen molar-refractivity contribution in [3.63, 3.8) is 0 Å². The first-order valence-electron chi connectivity index (χ1n) is 10.7. The molecule has 1 amide bonds. The van der Waals surface area contributed by atoms with Gasteiger partial charge in [-0.3, -0.25) is 9.69 Å². The number of morpholine rings is 1. The van der Waals surface area contributed by atoms with Gasteiger partial charge in [-0.25, -0.2) is 4.99 Å². The van der Waals surface area contributed by atoms with Crippen LogP contribution in [-0.4, -0.2) is 88.2 Å². The Hall–Kier alpha value is -2.12. The van der Waals surface area contributed by atoms with E-state index in [4.69, 9.17) is 4.74 Å². The summed E-state index contributed by atoms with van der Waals surface area (Å²) in [5, 5.41) is 6.94. The lowest BCUT2D eigenvalue weighted by Crippen LogP contribution is -2.50. The quantitative estimate of drug-likeness (QED) is 0.504. The van der Waals surface area contributed by atoms with E-state index in [9.17, 15) is 4.79 Å². The van der Waals surface area contributed by atoms with Crippen LogP contribution in [0.3, 0.4) is 0 Å². The maximum absolute atomic E-state index is 12.0. The smallest absolute Gasteiger partial charge is 0.243 e. The topological polar surface area (TPSA) is 69.2 Å². The maximum atomic E-state index is 12.0. The van der Waals surface area contributed by atoms with Crippen LogP contribution >= 0.6 is 0 Å². The van der Waals surface area contributed by atoms with Gasteiger partial charge in [-0.15, -0.1) is 0 Å². The number of nitrogens with zero attached hydrogens (tertiary/aromatic N) is 3. The maximum Gasteiger partial charge on any atom is 0.243 e. The van der Waals surface area contributed by atoms with Crippen LogP contribution in [0.5, 0.6) is 0 Å². The van der Waals surface area contributed by atoms with E-state index >= 15 is 0 Å². The normalized spacial score (nSPS) is 19.3. The largest absolute Gasteiger partial charge is 0.379 e. The molecule has 160 valence electrons. The molecule has 0 aromatic heterocycles. The SMILES string of the molecule is CN(C)C(=O)CN=C(NCCN1CCOCC1)NCC1(c2ccccc2)CCC1. The third-order valence-corrected chi connectivity index (χ3v) is 5.99. The van der Waals surface area contributed by atoms with E-state index in [1.807, 2.05) is 0 Å². The summed E-state index contributed by atoms with van der Waals surface area (Å²) >= 11 is 0. The fourth-order valence-corrected chi connectivity index (χ4v) is 3.84. The molecule has 2 aliphatic rings. The summed E-state index contributed by atoms with van der Waals surface area (Å²) in [4.78, 5) is 20.5. The lowest BCUT2D eigenvalue weighted by Gasteiger charge is -2.43.